The number of hydrogen-bond acceptors (Lipinski definition) is 5. The first-order valence-electron chi connectivity index (χ1n) is 5.60. The van der Waals surface area contributed by atoms with Gasteiger partial charge in [0.25, 0.3) is 14.2 Å². The number of rotatable bonds is 4. The Morgan fingerprint density at radius 1 is 1.35 bits per heavy atom. The molecule has 0 spiro atoms. The van der Waals surface area contributed by atoms with Gasteiger partial charge in [0.05, 0.1) is 12.7 Å². The second-order valence-corrected chi connectivity index (χ2v) is 6.73. The number of benzene rings is 1. The molecule has 0 aliphatic heterocycles. The monoisotopic (exact) mass is 335 g/mol. The van der Waals surface area contributed by atoms with Crippen LogP contribution in [0.4, 0.5) is 0 Å². The van der Waals surface area contributed by atoms with Crippen LogP contribution in [0.25, 0.3) is 11.4 Å². The van der Waals surface area contributed by atoms with E-state index in [0.29, 0.717) is 28.7 Å². The minimum Gasteiger partial charge on any atom is -0.496 e. The van der Waals surface area contributed by atoms with Crippen LogP contribution in [0.3, 0.4) is 0 Å². The molecule has 0 fully saturated rings. The fourth-order valence-corrected chi connectivity index (χ4v) is 2.92. The summed E-state index contributed by atoms with van der Waals surface area (Å²) in [6.07, 6.45) is 0. The maximum atomic E-state index is 11.5. The van der Waals surface area contributed by atoms with Crippen molar-refractivity contribution >= 4 is 31.3 Å². The molecule has 9 heteroatoms. The van der Waals surface area contributed by atoms with E-state index in [-0.39, 0.29) is 5.16 Å². The van der Waals surface area contributed by atoms with Crippen LogP contribution in [-0.4, -0.2) is 30.3 Å². The average Bonchev–Trinajstić information content (AvgIpc) is 2.82. The van der Waals surface area contributed by atoms with Gasteiger partial charge in [-0.15, -0.1) is 10.2 Å². The molecule has 0 unspecified atom stereocenters. The quantitative estimate of drug-likeness (QED) is 0.802. The zero-order valence-electron chi connectivity index (χ0n) is 10.7. The van der Waals surface area contributed by atoms with Crippen molar-refractivity contribution in [3.8, 4) is 17.1 Å². The summed E-state index contributed by atoms with van der Waals surface area (Å²) < 4.78 is 29.5. The minimum absolute atomic E-state index is 0.298. The van der Waals surface area contributed by atoms with Crippen LogP contribution in [0, 0.1) is 0 Å². The highest BCUT2D eigenvalue weighted by atomic mass is 35.7. The number of methoxy groups -OCH3 is 1. The molecule has 0 radical (unpaired) electrons. The summed E-state index contributed by atoms with van der Waals surface area (Å²) in [5.41, 5.74) is 0.581. The summed E-state index contributed by atoms with van der Waals surface area (Å²) in [6, 6.07) is 4.95. The van der Waals surface area contributed by atoms with E-state index in [1.807, 2.05) is 0 Å². The van der Waals surface area contributed by atoms with Gasteiger partial charge < -0.3 is 4.74 Å². The fraction of sp³-hybridized carbons (Fsp3) is 0.273. The zero-order chi connectivity index (χ0) is 14.9. The average molecular weight is 336 g/mol. The van der Waals surface area contributed by atoms with Gasteiger partial charge in [0.2, 0.25) is 0 Å². The molecule has 2 aromatic rings. The van der Waals surface area contributed by atoms with Gasteiger partial charge in [-0.05, 0) is 25.1 Å². The van der Waals surface area contributed by atoms with Crippen LogP contribution < -0.4 is 4.74 Å². The van der Waals surface area contributed by atoms with Crippen LogP contribution in [-0.2, 0) is 15.6 Å². The molecule has 0 saturated carbocycles. The largest absolute Gasteiger partial charge is 0.496 e. The minimum atomic E-state index is -3.97. The highest BCUT2D eigenvalue weighted by Crippen LogP contribution is 2.32. The lowest BCUT2D eigenvalue weighted by molar-refractivity contribution is 0.416. The Labute approximate surface area is 125 Å². The van der Waals surface area contributed by atoms with Gasteiger partial charge in [0.1, 0.15) is 5.75 Å². The first-order chi connectivity index (χ1) is 9.38. The lowest BCUT2D eigenvalue weighted by atomic mass is 10.2. The van der Waals surface area contributed by atoms with E-state index in [4.69, 9.17) is 27.0 Å². The van der Waals surface area contributed by atoms with Crippen molar-refractivity contribution in [2.75, 3.05) is 7.11 Å². The third-order valence-corrected chi connectivity index (χ3v) is 4.04. The number of nitrogens with zero attached hydrogens (tertiary/aromatic N) is 3. The molecule has 0 saturated heterocycles. The summed E-state index contributed by atoms with van der Waals surface area (Å²) in [4.78, 5) is 0. The van der Waals surface area contributed by atoms with E-state index < -0.39 is 9.05 Å². The summed E-state index contributed by atoms with van der Waals surface area (Å²) in [5.74, 6) is 0.818. The third-order valence-electron chi connectivity index (χ3n) is 2.66. The van der Waals surface area contributed by atoms with Crippen molar-refractivity contribution in [1.29, 1.82) is 0 Å². The Bertz CT molecular complexity index is 743. The molecule has 0 N–H and O–H groups in total. The van der Waals surface area contributed by atoms with Crippen LogP contribution in [0.1, 0.15) is 6.92 Å². The maximum absolute atomic E-state index is 11.5. The lowest BCUT2D eigenvalue weighted by Gasteiger charge is -2.10. The van der Waals surface area contributed by atoms with Crippen LogP contribution in [0.15, 0.2) is 23.4 Å². The fourth-order valence-electron chi connectivity index (χ4n) is 1.80. The van der Waals surface area contributed by atoms with Gasteiger partial charge in [0, 0.05) is 22.2 Å². The second kappa shape index (κ2) is 5.59. The van der Waals surface area contributed by atoms with Gasteiger partial charge >= 0.3 is 0 Å². The Morgan fingerprint density at radius 2 is 2.05 bits per heavy atom. The molecule has 0 aliphatic rings. The highest BCUT2D eigenvalue weighted by Gasteiger charge is 2.23. The number of halogens is 2. The Morgan fingerprint density at radius 3 is 2.60 bits per heavy atom. The molecule has 1 aromatic heterocycles. The topological polar surface area (TPSA) is 74.1 Å². The van der Waals surface area contributed by atoms with Crippen molar-refractivity contribution < 1.29 is 13.2 Å². The van der Waals surface area contributed by atoms with Gasteiger partial charge in [-0.1, -0.05) is 11.6 Å². The van der Waals surface area contributed by atoms with E-state index in [0.717, 1.165) is 0 Å². The second-order valence-electron chi connectivity index (χ2n) is 3.83. The standard InChI is InChI=1S/C11H11Cl2N3O3S/c1-3-16-10(14-15-11(16)20(13,17)18)8-5-4-7(12)6-9(8)19-2/h4-6H,3H2,1-2H3. The van der Waals surface area contributed by atoms with E-state index in [1.54, 1.807) is 25.1 Å². The van der Waals surface area contributed by atoms with E-state index in [9.17, 15) is 8.42 Å². The lowest BCUT2D eigenvalue weighted by Crippen LogP contribution is -2.06. The van der Waals surface area contributed by atoms with Crippen LogP contribution >= 0.6 is 22.3 Å². The van der Waals surface area contributed by atoms with Gasteiger partial charge in [-0.3, -0.25) is 4.57 Å². The van der Waals surface area contributed by atoms with Crippen molar-refractivity contribution in [2.24, 2.45) is 0 Å². The van der Waals surface area contributed by atoms with Crippen LogP contribution in [0.2, 0.25) is 5.02 Å². The molecule has 2 rings (SSSR count). The van der Waals surface area contributed by atoms with Crippen molar-refractivity contribution in [2.45, 2.75) is 18.6 Å². The molecule has 0 aliphatic carbocycles. The smallest absolute Gasteiger partial charge is 0.296 e. The maximum Gasteiger partial charge on any atom is 0.296 e. The van der Waals surface area contributed by atoms with Crippen molar-refractivity contribution in [3.63, 3.8) is 0 Å². The zero-order valence-corrected chi connectivity index (χ0v) is 13.0. The Balaban J connectivity index is 2.68. The van der Waals surface area contributed by atoms with Gasteiger partial charge in [0.15, 0.2) is 5.82 Å². The first kappa shape index (κ1) is 15.1. The van der Waals surface area contributed by atoms with E-state index in [1.165, 1.54) is 11.7 Å². The SMILES string of the molecule is CCn1c(-c2ccc(Cl)cc2OC)nnc1S(=O)(=O)Cl. The third kappa shape index (κ3) is 2.74. The molecule has 1 aromatic carbocycles. The van der Waals surface area contributed by atoms with Crippen molar-refractivity contribution in [1.82, 2.24) is 14.8 Å². The van der Waals surface area contributed by atoms with Crippen molar-refractivity contribution in [3.05, 3.63) is 23.2 Å². The molecule has 1 heterocycles. The molecule has 108 valence electrons. The van der Waals surface area contributed by atoms with Gasteiger partial charge in [-0.2, -0.15) is 0 Å². The summed E-state index contributed by atoms with van der Waals surface area (Å²) in [7, 11) is 2.86. The summed E-state index contributed by atoms with van der Waals surface area (Å²) >= 11 is 5.89. The Kier molecular flexibility index (Phi) is 4.22. The van der Waals surface area contributed by atoms with Gasteiger partial charge in [-0.25, -0.2) is 8.42 Å². The Hall–Kier alpha value is -1.31. The molecule has 0 bridgehead atoms. The number of hydrogen-bond donors (Lipinski definition) is 0. The predicted molar refractivity (Wildman–Crippen MR) is 75.7 cm³/mol. The van der Waals surface area contributed by atoms with Crippen LogP contribution in [0.5, 0.6) is 5.75 Å². The molecule has 0 amide bonds. The van der Waals surface area contributed by atoms with E-state index >= 15 is 0 Å². The predicted octanol–water partition coefficient (Wildman–Crippen LogP) is 2.55. The molecule has 20 heavy (non-hydrogen) atoms. The molecular formula is C11H11Cl2N3O3S. The number of ether oxygens (including phenoxy) is 1. The molecular weight excluding hydrogens is 325 g/mol. The molecule has 0 atom stereocenters. The number of aromatic nitrogens is 3. The summed E-state index contributed by atoms with van der Waals surface area (Å²) in [6.45, 7) is 2.11. The van der Waals surface area contributed by atoms with E-state index in [2.05, 4.69) is 10.2 Å². The normalized spacial score (nSPS) is 11.6. The molecule has 6 nitrogen and oxygen atoms in total. The highest BCUT2D eigenvalue weighted by molar-refractivity contribution is 8.13. The first-order valence-corrected chi connectivity index (χ1v) is 8.29. The summed E-state index contributed by atoms with van der Waals surface area (Å²) in [5, 5.41) is 7.73.